The number of alkyl halides is 3. The van der Waals surface area contributed by atoms with Crippen molar-refractivity contribution in [3.05, 3.63) is 35.9 Å². The van der Waals surface area contributed by atoms with E-state index in [2.05, 4.69) is 8.47 Å². The maximum Gasteiger partial charge on any atom is 0.473 e. The van der Waals surface area contributed by atoms with Crippen LogP contribution in [0.25, 0.3) is 0 Å². The molecule has 10 heteroatoms. The zero-order valence-corrected chi connectivity index (χ0v) is 11.6. The molecule has 1 amide bonds. The average molecular weight is 327 g/mol. The molecule has 0 aliphatic heterocycles. The molecule has 0 N–H and O–H groups in total. The highest BCUT2D eigenvalue weighted by Gasteiger charge is 2.45. The molecule has 0 saturated carbocycles. The largest absolute Gasteiger partial charge is 0.473 e. The molecule has 0 spiro atoms. The molecular formula is C11H12F3NO5S. The Morgan fingerprint density at radius 2 is 1.81 bits per heavy atom. The van der Waals surface area contributed by atoms with Crippen LogP contribution >= 0.6 is 0 Å². The van der Waals surface area contributed by atoms with E-state index in [9.17, 15) is 26.4 Å². The number of carbonyl (C=O) groups is 1. The maximum absolute atomic E-state index is 12.5. The second-order valence-corrected chi connectivity index (χ2v) is 4.92. The number of hydroxylamine groups is 2. The Hall–Kier alpha value is -1.65. The van der Waals surface area contributed by atoms with Gasteiger partial charge < -0.3 is 0 Å². The van der Waals surface area contributed by atoms with Crippen LogP contribution in [0, 0.1) is 0 Å². The minimum absolute atomic E-state index is 0.252. The lowest BCUT2D eigenvalue weighted by atomic mass is 10.2. The minimum atomic E-state index is -5.28. The van der Waals surface area contributed by atoms with E-state index >= 15 is 0 Å². The molecule has 0 unspecified atom stereocenters. The zero-order chi connectivity index (χ0) is 16.1. The third kappa shape index (κ3) is 5.69. The summed E-state index contributed by atoms with van der Waals surface area (Å²) in [5.41, 5.74) is 0.252. The molecule has 0 aliphatic rings. The minimum Gasteiger partial charge on any atom is -0.262 e. The second kappa shape index (κ2) is 6.87. The summed E-state index contributed by atoms with van der Waals surface area (Å²) in [5, 5.41) is -0.305. The molecule has 0 atom stereocenters. The van der Waals surface area contributed by atoms with Crippen molar-refractivity contribution in [2.45, 2.75) is 19.6 Å². The van der Waals surface area contributed by atoms with Crippen molar-refractivity contribution < 1.29 is 34.9 Å². The van der Waals surface area contributed by atoms with Gasteiger partial charge in [-0.25, -0.2) is 4.18 Å². The molecular weight excluding hydrogens is 315 g/mol. The van der Waals surface area contributed by atoms with E-state index in [0.29, 0.717) is 0 Å². The summed E-state index contributed by atoms with van der Waals surface area (Å²) in [4.78, 5) is 11.2. The van der Waals surface area contributed by atoms with Crippen LogP contribution in [0.3, 0.4) is 0 Å². The molecule has 1 aromatic carbocycles. The van der Waals surface area contributed by atoms with Gasteiger partial charge in [0.05, 0.1) is 13.2 Å². The number of amides is 1. The van der Waals surface area contributed by atoms with Gasteiger partial charge in [0.15, 0.2) is 0 Å². The second-order valence-electron chi connectivity index (χ2n) is 3.71. The van der Waals surface area contributed by atoms with Crippen LogP contribution in [0.15, 0.2) is 30.3 Å². The molecule has 1 aromatic rings. The average Bonchev–Trinajstić information content (AvgIpc) is 2.36. The molecule has 0 aromatic heterocycles. The van der Waals surface area contributed by atoms with Crippen molar-refractivity contribution in [3.8, 4) is 0 Å². The highest BCUT2D eigenvalue weighted by Crippen LogP contribution is 2.21. The summed E-state index contributed by atoms with van der Waals surface area (Å²) in [6.45, 7) is 0.251. The van der Waals surface area contributed by atoms with Gasteiger partial charge in [0.25, 0.3) is 0 Å². The quantitative estimate of drug-likeness (QED) is 0.745. The predicted molar refractivity (Wildman–Crippen MR) is 64.7 cm³/mol. The molecule has 0 bridgehead atoms. The number of halogens is 3. The first-order valence-corrected chi connectivity index (χ1v) is 7.00. The fourth-order valence-corrected chi connectivity index (χ4v) is 1.97. The van der Waals surface area contributed by atoms with Gasteiger partial charge >= 0.3 is 22.5 Å². The van der Waals surface area contributed by atoms with Crippen molar-refractivity contribution in [2.24, 2.45) is 0 Å². The first-order chi connectivity index (χ1) is 9.65. The zero-order valence-electron chi connectivity index (χ0n) is 10.8. The van der Waals surface area contributed by atoms with Crippen LogP contribution in [-0.4, -0.2) is 32.2 Å². The Kier molecular flexibility index (Phi) is 5.70. The van der Waals surface area contributed by atoms with Crippen LogP contribution in [0.1, 0.15) is 12.5 Å². The Labute approximate surface area is 119 Å². The van der Waals surface area contributed by atoms with Gasteiger partial charge in [0.2, 0.25) is 0 Å². The lowest BCUT2D eigenvalue weighted by Crippen LogP contribution is -2.42. The predicted octanol–water partition coefficient (Wildman–Crippen LogP) is 1.79. The smallest absolute Gasteiger partial charge is 0.262 e. The summed E-state index contributed by atoms with van der Waals surface area (Å²) in [6.07, 6.45) is -5.28. The van der Waals surface area contributed by atoms with Gasteiger partial charge in [-0.2, -0.15) is 26.7 Å². The van der Waals surface area contributed by atoms with Gasteiger partial charge in [-0.1, -0.05) is 30.3 Å². The lowest BCUT2D eigenvalue weighted by Gasteiger charge is -2.21. The molecule has 1 rings (SSSR count). The van der Waals surface area contributed by atoms with E-state index in [1.54, 1.807) is 6.07 Å². The van der Waals surface area contributed by atoms with Crippen LogP contribution in [0.4, 0.5) is 13.2 Å². The van der Waals surface area contributed by atoms with Crippen molar-refractivity contribution in [1.82, 2.24) is 5.06 Å². The van der Waals surface area contributed by atoms with Crippen molar-refractivity contribution in [2.75, 3.05) is 6.61 Å². The SMILES string of the molecule is CCOS(=O)(=O)ON(Cc1ccccc1)C(=O)C(F)(F)F. The molecule has 0 radical (unpaired) electrons. The molecule has 6 nitrogen and oxygen atoms in total. The van der Waals surface area contributed by atoms with Crippen LogP contribution in [0.2, 0.25) is 0 Å². The van der Waals surface area contributed by atoms with Gasteiger partial charge in [-0.05, 0) is 12.5 Å². The third-order valence-corrected chi connectivity index (χ3v) is 2.97. The van der Waals surface area contributed by atoms with Crippen LogP contribution in [-0.2, 0) is 30.2 Å². The first kappa shape index (κ1) is 17.4. The summed E-state index contributed by atoms with van der Waals surface area (Å²) in [5.74, 6) is -2.45. The summed E-state index contributed by atoms with van der Waals surface area (Å²) in [6, 6.07) is 7.46. The Balaban J connectivity index is 2.98. The normalized spacial score (nSPS) is 12.2. The fraction of sp³-hybridized carbons (Fsp3) is 0.364. The van der Waals surface area contributed by atoms with Gasteiger partial charge in [0.1, 0.15) is 0 Å². The standard InChI is InChI=1S/C11H12F3NO5S/c1-2-19-21(17,18)20-15(10(16)11(12,13)14)8-9-6-4-3-5-7-9/h3-7H,2,8H2,1H3. The number of hydrogen-bond acceptors (Lipinski definition) is 5. The molecule has 0 fully saturated rings. The number of carbonyl (C=O) groups excluding carboxylic acids is 1. The molecule has 0 aliphatic carbocycles. The Morgan fingerprint density at radius 3 is 2.29 bits per heavy atom. The topological polar surface area (TPSA) is 72.9 Å². The van der Waals surface area contributed by atoms with E-state index in [1.807, 2.05) is 0 Å². The van der Waals surface area contributed by atoms with Crippen molar-refractivity contribution in [3.63, 3.8) is 0 Å². The van der Waals surface area contributed by atoms with E-state index < -0.39 is 29.0 Å². The van der Waals surface area contributed by atoms with E-state index in [1.165, 1.54) is 31.2 Å². The Bertz CT molecular complexity index is 573. The third-order valence-electron chi connectivity index (χ3n) is 2.08. The fourth-order valence-electron chi connectivity index (χ4n) is 1.30. The monoisotopic (exact) mass is 327 g/mol. The van der Waals surface area contributed by atoms with Crippen molar-refractivity contribution in [1.29, 1.82) is 0 Å². The maximum atomic E-state index is 12.5. The highest BCUT2D eigenvalue weighted by atomic mass is 32.3. The summed E-state index contributed by atoms with van der Waals surface area (Å²) >= 11 is 0. The van der Waals surface area contributed by atoms with E-state index in [0.717, 1.165) is 0 Å². The molecule has 0 heterocycles. The van der Waals surface area contributed by atoms with Crippen LogP contribution in [0.5, 0.6) is 0 Å². The van der Waals surface area contributed by atoms with E-state index in [-0.39, 0.29) is 17.2 Å². The van der Waals surface area contributed by atoms with Crippen LogP contribution < -0.4 is 0 Å². The summed E-state index contributed by atoms with van der Waals surface area (Å²) in [7, 11) is -4.75. The van der Waals surface area contributed by atoms with Gasteiger partial charge in [-0.15, -0.1) is 4.28 Å². The van der Waals surface area contributed by atoms with Gasteiger partial charge in [-0.3, -0.25) is 4.79 Å². The molecule has 118 valence electrons. The van der Waals surface area contributed by atoms with Gasteiger partial charge in [0, 0.05) is 0 Å². The first-order valence-electron chi connectivity index (χ1n) is 5.67. The number of benzene rings is 1. The highest BCUT2D eigenvalue weighted by molar-refractivity contribution is 7.81. The summed E-state index contributed by atoms with van der Waals surface area (Å²) < 4.78 is 68.1. The molecule has 21 heavy (non-hydrogen) atoms. The Morgan fingerprint density at radius 1 is 1.24 bits per heavy atom. The molecule has 0 saturated heterocycles. The number of nitrogens with zero attached hydrogens (tertiary/aromatic N) is 1. The van der Waals surface area contributed by atoms with E-state index in [4.69, 9.17) is 0 Å². The number of rotatable bonds is 6. The lowest BCUT2D eigenvalue weighted by molar-refractivity contribution is -0.211. The van der Waals surface area contributed by atoms with Crippen molar-refractivity contribution >= 4 is 16.3 Å². The number of hydrogen-bond donors (Lipinski definition) is 0.